The van der Waals surface area contributed by atoms with Crippen molar-refractivity contribution in [1.82, 2.24) is 10.2 Å². The number of carbonyl (C=O) groups excluding carboxylic acids is 2. The zero-order valence-electron chi connectivity index (χ0n) is 22.4. The number of ether oxygens (including phenoxy) is 2. The van der Waals surface area contributed by atoms with Crippen molar-refractivity contribution in [1.29, 1.82) is 0 Å². The molecule has 7 N–H and O–H groups in total. The van der Waals surface area contributed by atoms with Crippen LogP contribution in [0, 0.1) is 5.92 Å². The minimum absolute atomic E-state index is 0.134. The molecule has 39 heavy (non-hydrogen) atoms. The summed E-state index contributed by atoms with van der Waals surface area (Å²) in [5, 5.41) is 42.3. The molecular formula is C25H41BN3O10. The molecule has 1 aliphatic heterocycles. The van der Waals surface area contributed by atoms with Gasteiger partial charge in [0.25, 0.3) is 0 Å². The number of hydrogen-bond acceptors (Lipinski definition) is 11. The predicted octanol–water partition coefficient (Wildman–Crippen LogP) is -1.48. The van der Waals surface area contributed by atoms with Gasteiger partial charge in [-0.15, -0.1) is 0 Å². The van der Waals surface area contributed by atoms with E-state index in [1.54, 1.807) is 24.3 Å². The lowest BCUT2D eigenvalue weighted by Crippen LogP contribution is -2.53. The highest BCUT2D eigenvalue weighted by Crippen LogP contribution is 2.12. The van der Waals surface area contributed by atoms with Crippen LogP contribution in [-0.4, -0.2) is 121 Å². The predicted molar refractivity (Wildman–Crippen MR) is 140 cm³/mol. The highest BCUT2D eigenvalue weighted by molar-refractivity contribution is 6.18. The maximum Gasteiger partial charge on any atom is 0.489 e. The van der Waals surface area contributed by atoms with E-state index in [9.17, 15) is 24.9 Å². The van der Waals surface area contributed by atoms with Gasteiger partial charge >= 0.3 is 19.7 Å². The summed E-state index contributed by atoms with van der Waals surface area (Å²) < 4.78 is 21.3. The number of aliphatic hydroxyl groups is 4. The van der Waals surface area contributed by atoms with E-state index in [1.807, 2.05) is 19.9 Å². The molecule has 1 aromatic rings. The summed E-state index contributed by atoms with van der Waals surface area (Å²) in [4.78, 5) is 27.5. The van der Waals surface area contributed by atoms with Crippen molar-refractivity contribution in [2.24, 2.45) is 11.7 Å². The Hall–Kier alpha value is -2.30. The molecular weight excluding hydrogens is 513 g/mol. The largest absolute Gasteiger partial charge is 0.489 e. The fourth-order valence-corrected chi connectivity index (χ4v) is 3.78. The minimum atomic E-state index is -1.82. The van der Waals surface area contributed by atoms with E-state index < -0.39 is 61.9 Å². The number of carbonyl (C=O) groups is 2. The maximum atomic E-state index is 13.1. The molecule has 0 aliphatic carbocycles. The van der Waals surface area contributed by atoms with Gasteiger partial charge in [0.1, 0.15) is 37.1 Å². The first-order valence-electron chi connectivity index (χ1n) is 13.0. The van der Waals surface area contributed by atoms with Crippen LogP contribution in [0.5, 0.6) is 0 Å². The fourth-order valence-electron chi connectivity index (χ4n) is 3.78. The Morgan fingerprint density at radius 1 is 1.10 bits per heavy atom. The number of morpholine rings is 1. The van der Waals surface area contributed by atoms with E-state index in [2.05, 4.69) is 5.32 Å². The topological polar surface area (TPSA) is 193 Å². The Bertz CT molecular complexity index is 847. The lowest BCUT2D eigenvalue weighted by molar-refractivity contribution is -0.156. The first kappa shape index (κ1) is 32.9. The Balaban J connectivity index is 2.08. The molecule has 0 unspecified atom stereocenters. The van der Waals surface area contributed by atoms with Crippen molar-refractivity contribution in [3.63, 3.8) is 0 Å². The fraction of sp³-hybridized carbons (Fsp3) is 0.680. The first-order chi connectivity index (χ1) is 18.6. The van der Waals surface area contributed by atoms with E-state index >= 15 is 0 Å². The summed E-state index contributed by atoms with van der Waals surface area (Å²) in [6, 6.07) is 7.50. The first-order valence-corrected chi connectivity index (χ1v) is 13.0. The van der Waals surface area contributed by atoms with Gasteiger partial charge in [0.05, 0.1) is 26.0 Å². The standard InChI is InChI=1S/C25H41BN3O10/c1-16(2)12-21(27)39-26-38-20(23(33)22(32)19(31)14-30)15-37-24(34)18(13-17-6-4-3-5-7-17)28-25(35)29-8-10-36-11-9-29/h3-7,16,18-23,30-33H,8-15,27H2,1-2H3,(H,28,35)/t18-,19+,20+,21+,22+,23+/m0/s1. The van der Waals surface area contributed by atoms with Gasteiger partial charge < -0.3 is 55.2 Å². The zero-order chi connectivity index (χ0) is 28.8. The number of nitrogens with zero attached hydrogens (tertiary/aromatic N) is 1. The molecule has 0 aromatic heterocycles. The van der Waals surface area contributed by atoms with Gasteiger partial charge in [-0.2, -0.15) is 0 Å². The molecule has 1 aliphatic rings. The van der Waals surface area contributed by atoms with Crippen LogP contribution >= 0.6 is 0 Å². The van der Waals surface area contributed by atoms with Gasteiger partial charge in [-0.05, 0) is 17.9 Å². The third-order valence-electron chi connectivity index (χ3n) is 6.03. The number of esters is 1. The number of hydrogen-bond donors (Lipinski definition) is 6. The summed E-state index contributed by atoms with van der Waals surface area (Å²) >= 11 is 0. The third-order valence-corrected chi connectivity index (χ3v) is 6.03. The molecule has 1 aromatic carbocycles. The van der Waals surface area contributed by atoms with Crippen molar-refractivity contribution < 1.29 is 48.8 Å². The number of nitrogens with one attached hydrogen (secondary N) is 1. The Morgan fingerprint density at radius 3 is 2.38 bits per heavy atom. The lowest BCUT2D eigenvalue weighted by Gasteiger charge is -2.30. The third kappa shape index (κ3) is 11.8. The normalized spacial score (nSPS) is 18.5. The number of nitrogens with two attached hydrogens (primary N) is 1. The summed E-state index contributed by atoms with van der Waals surface area (Å²) in [6.07, 6.45) is -6.74. The molecule has 0 bridgehead atoms. The number of aliphatic hydroxyl groups excluding tert-OH is 4. The second-order valence-corrected chi connectivity index (χ2v) is 9.73. The minimum Gasteiger partial charge on any atom is -0.461 e. The Labute approximate surface area is 229 Å². The van der Waals surface area contributed by atoms with Crippen molar-refractivity contribution >= 4 is 19.7 Å². The molecule has 2 amide bonds. The molecule has 219 valence electrons. The van der Waals surface area contributed by atoms with Crippen LogP contribution in [0.3, 0.4) is 0 Å². The summed E-state index contributed by atoms with van der Waals surface area (Å²) in [5.41, 5.74) is 6.63. The van der Waals surface area contributed by atoms with Gasteiger partial charge in [0.2, 0.25) is 0 Å². The molecule has 14 heteroatoms. The quantitative estimate of drug-likeness (QED) is 0.0793. The van der Waals surface area contributed by atoms with Crippen LogP contribution < -0.4 is 11.1 Å². The van der Waals surface area contributed by atoms with Crippen molar-refractivity contribution in [2.45, 2.75) is 63.4 Å². The highest BCUT2D eigenvalue weighted by Gasteiger charge is 2.34. The van der Waals surface area contributed by atoms with E-state index in [0.29, 0.717) is 32.7 Å². The van der Waals surface area contributed by atoms with E-state index in [4.69, 9.17) is 29.6 Å². The molecule has 0 saturated carbocycles. The van der Waals surface area contributed by atoms with Crippen molar-refractivity contribution in [3.8, 4) is 0 Å². The summed E-state index contributed by atoms with van der Waals surface area (Å²) in [7, 11) is 0.870. The van der Waals surface area contributed by atoms with Gasteiger partial charge in [-0.3, -0.25) is 0 Å². The molecule has 1 fully saturated rings. The molecule has 1 heterocycles. The SMILES string of the molecule is CC(C)C[C@H](N)O[B]O[C@H](COC(=O)[C@H](Cc1ccccc1)NC(=O)N1CCOCC1)[C@@H](O)[C@H](O)[C@H](O)CO. The van der Waals surface area contributed by atoms with Gasteiger partial charge in [-0.25, -0.2) is 9.59 Å². The number of benzene rings is 1. The van der Waals surface area contributed by atoms with Crippen LogP contribution in [0.15, 0.2) is 30.3 Å². The highest BCUT2D eigenvalue weighted by atomic mass is 16.6. The molecule has 0 spiro atoms. The van der Waals surface area contributed by atoms with E-state index in [-0.39, 0.29) is 12.3 Å². The smallest absolute Gasteiger partial charge is 0.461 e. The van der Waals surface area contributed by atoms with Gasteiger partial charge in [-0.1, -0.05) is 44.2 Å². The van der Waals surface area contributed by atoms with E-state index in [0.717, 1.165) is 13.2 Å². The molecule has 1 saturated heterocycles. The lowest BCUT2D eigenvalue weighted by atomic mass is 10.0. The molecule has 13 nitrogen and oxygen atoms in total. The Kier molecular flexibility index (Phi) is 14.7. The number of urea groups is 1. The Morgan fingerprint density at radius 2 is 1.77 bits per heavy atom. The van der Waals surface area contributed by atoms with Crippen LogP contribution in [0.2, 0.25) is 0 Å². The van der Waals surface area contributed by atoms with E-state index in [1.165, 1.54) is 4.90 Å². The van der Waals surface area contributed by atoms with Crippen LogP contribution in [0.4, 0.5) is 4.79 Å². The van der Waals surface area contributed by atoms with Crippen molar-refractivity contribution in [3.05, 3.63) is 35.9 Å². The zero-order valence-corrected chi connectivity index (χ0v) is 22.4. The second kappa shape index (κ2) is 17.4. The van der Waals surface area contributed by atoms with Gasteiger partial charge in [0.15, 0.2) is 0 Å². The van der Waals surface area contributed by atoms with Crippen LogP contribution in [-0.2, 0) is 30.0 Å². The van der Waals surface area contributed by atoms with Crippen LogP contribution in [0.25, 0.3) is 0 Å². The average Bonchev–Trinajstić information content (AvgIpc) is 2.93. The number of amides is 2. The summed E-state index contributed by atoms with van der Waals surface area (Å²) in [5.74, 6) is -0.567. The molecule has 6 atom stereocenters. The van der Waals surface area contributed by atoms with Crippen LogP contribution in [0.1, 0.15) is 25.8 Å². The number of rotatable bonds is 16. The average molecular weight is 554 g/mol. The van der Waals surface area contributed by atoms with Crippen molar-refractivity contribution in [2.75, 3.05) is 39.5 Å². The summed E-state index contributed by atoms with van der Waals surface area (Å²) in [6.45, 7) is 4.03. The monoisotopic (exact) mass is 554 g/mol. The molecule has 2 rings (SSSR count). The molecule has 1 radical (unpaired) electrons. The van der Waals surface area contributed by atoms with Gasteiger partial charge in [0, 0.05) is 19.5 Å². The second-order valence-electron chi connectivity index (χ2n) is 9.73. The maximum absolute atomic E-state index is 13.1.